The van der Waals surface area contributed by atoms with Gasteiger partial charge in [0.15, 0.2) is 17.6 Å². The minimum atomic E-state index is -0.133. The molecule has 1 unspecified atom stereocenters. The van der Waals surface area contributed by atoms with Gasteiger partial charge >= 0.3 is 0 Å². The van der Waals surface area contributed by atoms with Crippen LogP contribution < -0.4 is 20.9 Å². The van der Waals surface area contributed by atoms with Gasteiger partial charge in [0.1, 0.15) is 6.61 Å². The van der Waals surface area contributed by atoms with Gasteiger partial charge in [-0.15, -0.1) is 0 Å². The highest BCUT2D eigenvalue weighted by Gasteiger charge is 2.26. The third kappa shape index (κ3) is 2.24. The lowest BCUT2D eigenvalue weighted by Gasteiger charge is -2.28. The SMILES string of the molecule is CCOCC1COc2c(N)c(C)cc(N)c2O1. The highest BCUT2D eigenvalue weighted by molar-refractivity contribution is 5.74. The molecule has 1 aromatic rings. The molecule has 4 N–H and O–H groups in total. The fourth-order valence-electron chi connectivity index (χ4n) is 1.78. The Morgan fingerprint density at radius 1 is 1.41 bits per heavy atom. The molecule has 1 aliphatic rings. The van der Waals surface area contributed by atoms with Gasteiger partial charge in [0, 0.05) is 6.61 Å². The summed E-state index contributed by atoms with van der Waals surface area (Å²) in [6.45, 7) is 5.40. The summed E-state index contributed by atoms with van der Waals surface area (Å²) in [7, 11) is 0. The smallest absolute Gasteiger partial charge is 0.186 e. The van der Waals surface area contributed by atoms with Crippen molar-refractivity contribution >= 4 is 11.4 Å². The summed E-state index contributed by atoms with van der Waals surface area (Å²) in [6, 6.07) is 1.79. The Bertz CT molecular complexity index is 421. The highest BCUT2D eigenvalue weighted by Crippen LogP contribution is 2.43. The quantitative estimate of drug-likeness (QED) is 0.777. The van der Waals surface area contributed by atoms with E-state index in [0.717, 1.165) is 5.56 Å². The number of rotatable bonds is 3. The van der Waals surface area contributed by atoms with Crippen molar-refractivity contribution in [3.63, 3.8) is 0 Å². The van der Waals surface area contributed by atoms with E-state index in [1.807, 2.05) is 13.8 Å². The first-order valence-electron chi connectivity index (χ1n) is 5.69. The molecule has 0 fully saturated rings. The minimum Gasteiger partial charge on any atom is -0.484 e. The van der Waals surface area contributed by atoms with Crippen molar-refractivity contribution in [3.05, 3.63) is 11.6 Å². The van der Waals surface area contributed by atoms with Crippen LogP contribution in [0, 0.1) is 6.92 Å². The number of aryl methyl sites for hydroxylation is 1. The monoisotopic (exact) mass is 238 g/mol. The molecule has 0 radical (unpaired) electrons. The molecule has 0 aliphatic carbocycles. The average Bonchev–Trinajstić information content (AvgIpc) is 2.33. The van der Waals surface area contributed by atoms with Gasteiger partial charge in [-0.05, 0) is 25.5 Å². The largest absolute Gasteiger partial charge is 0.484 e. The Morgan fingerprint density at radius 3 is 2.88 bits per heavy atom. The Balaban J connectivity index is 2.23. The van der Waals surface area contributed by atoms with Gasteiger partial charge in [0.25, 0.3) is 0 Å². The van der Waals surface area contributed by atoms with Crippen LogP contribution >= 0.6 is 0 Å². The molecule has 0 spiro atoms. The Labute approximate surface area is 101 Å². The molecule has 0 bridgehead atoms. The molecule has 2 rings (SSSR count). The molecule has 0 amide bonds. The molecule has 0 saturated heterocycles. The van der Waals surface area contributed by atoms with Crippen molar-refractivity contribution in [2.24, 2.45) is 0 Å². The molecule has 5 nitrogen and oxygen atoms in total. The maximum Gasteiger partial charge on any atom is 0.186 e. The maximum absolute atomic E-state index is 5.93. The molecule has 5 heteroatoms. The fraction of sp³-hybridized carbons (Fsp3) is 0.500. The van der Waals surface area contributed by atoms with Crippen molar-refractivity contribution in [1.29, 1.82) is 0 Å². The van der Waals surface area contributed by atoms with Crippen molar-refractivity contribution in [2.45, 2.75) is 20.0 Å². The summed E-state index contributed by atoms with van der Waals surface area (Å²) in [5, 5.41) is 0. The molecule has 0 saturated carbocycles. The van der Waals surface area contributed by atoms with Crippen LogP contribution in [0.3, 0.4) is 0 Å². The highest BCUT2D eigenvalue weighted by atomic mass is 16.6. The van der Waals surface area contributed by atoms with Crippen LogP contribution in [-0.2, 0) is 4.74 Å². The van der Waals surface area contributed by atoms with Crippen LogP contribution in [0.2, 0.25) is 0 Å². The first kappa shape index (κ1) is 11.9. The lowest BCUT2D eigenvalue weighted by atomic mass is 10.1. The zero-order chi connectivity index (χ0) is 12.4. The second-order valence-electron chi connectivity index (χ2n) is 4.06. The molecule has 17 heavy (non-hydrogen) atoms. The normalized spacial score (nSPS) is 18.1. The van der Waals surface area contributed by atoms with Crippen molar-refractivity contribution in [2.75, 3.05) is 31.3 Å². The first-order chi connectivity index (χ1) is 8.13. The van der Waals surface area contributed by atoms with Gasteiger partial charge in [0.2, 0.25) is 0 Å². The molecule has 1 atom stereocenters. The van der Waals surface area contributed by atoms with Crippen LogP contribution in [0.1, 0.15) is 12.5 Å². The number of anilines is 2. The predicted molar refractivity (Wildman–Crippen MR) is 66.4 cm³/mol. The van der Waals surface area contributed by atoms with E-state index in [4.69, 9.17) is 25.7 Å². The number of benzene rings is 1. The molecule has 1 heterocycles. The third-order valence-corrected chi connectivity index (χ3v) is 2.72. The summed E-state index contributed by atoms with van der Waals surface area (Å²) in [5.74, 6) is 1.08. The summed E-state index contributed by atoms with van der Waals surface area (Å²) < 4.78 is 16.7. The number of hydrogen-bond donors (Lipinski definition) is 2. The number of nitrogen functional groups attached to an aromatic ring is 2. The van der Waals surface area contributed by atoms with E-state index in [2.05, 4.69) is 0 Å². The van der Waals surface area contributed by atoms with Crippen LogP contribution in [-0.4, -0.2) is 25.9 Å². The van der Waals surface area contributed by atoms with E-state index in [9.17, 15) is 0 Å². The molecule has 1 aromatic carbocycles. The molecule has 1 aliphatic heterocycles. The summed E-state index contributed by atoms with van der Waals surface area (Å²) in [4.78, 5) is 0. The van der Waals surface area contributed by atoms with Gasteiger partial charge in [-0.25, -0.2) is 0 Å². The molecule has 94 valence electrons. The molecular weight excluding hydrogens is 220 g/mol. The first-order valence-corrected chi connectivity index (χ1v) is 5.69. The second-order valence-corrected chi connectivity index (χ2v) is 4.06. The Morgan fingerprint density at radius 2 is 2.18 bits per heavy atom. The van der Waals surface area contributed by atoms with E-state index < -0.39 is 0 Å². The molecular formula is C12H18N2O3. The van der Waals surface area contributed by atoms with Crippen LogP contribution in [0.5, 0.6) is 11.5 Å². The number of fused-ring (bicyclic) bond motifs is 1. The average molecular weight is 238 g/mol. The predicted octanol–water partition coefficient (Wildman–Crippen LogP) is 1.34. The van der Waals surface area contributed by atoms with E-state index in [1.54, 1.807) is 6.07 Å². The van der Waals surface area contributed by atoms with Crippen LogP contribution in [0.4, 0.5) is 11.4 Å². The zero-order valence-electron chi connectivity index (χ0n) is 10.2. The van der Waals surface area contributed by atoms with Gasteiger partial charge in [-0.2, -0.15) is 0 Å². The number of nitrogens with two attached hydrogens (primary N) is 2. The molecule has 0 aromatic heterocycles. The lowest BCUT2D eigenvalue weighted by molar-refractivity contribution is 0.0137. The summed E-state index contributed by atoms with van der Waals surface area (Å²) in [6.07, 6.45) is -0.133. The Kier molecular flexibility index (Phi) is 3.28. The second kappa shape index (κ2) is 4.71. The topological polar surface area (TPSA) is 79.7 Å². The van der Waals surface area contributed by atoms with Crippen LogP contribution in [0.15, 0.2) is 6.07 Å². The standard InChI is InChI=1S/C12H18N2O3/c1-3-15-5-8-6-16-12-10(14)7(2)4-9(13)11(12)17-8/h4,8H,3,5-6,13-14H2,1-2H3. The third-order valence-electron chi connectivity index (χ3n) is 2.72. The summed E-state index contributed by atoms with van der Waals surface area (Å²) >= 11 is 0. The summed E-state index contributed by atoms with van der Waals surface area (Å²) in [5.41, 5.74) is 13.9. The van der Waals surface area contributed by atoms with E-state index >= 15 is 0 Å². The van der Waals surface area contributed by atoms with Crippen molar-refractivity contribution in [3.8, 4) is 11.5 Å². The van der Waals surface area contributed by atoms with E-state index in [1.165, 1.54) is 0 Å². The Hall–Kier alpha value is -1.62. The van der Waals surface area contributed by atoms with Gasteiger partial charge in [-0.3, -0.25) is 0 Å². The van der Waals surface area contributed by atoms with Gasteiger partial charge < -0.3 is 25.7 Å². The van der Waals surface area contributed by atoms with Crippen molar-refractivity contribution in [1.82, 2.24) is 0 Å². The number of ether oxygens (including phenoxy) is 3. The van der Waals surface area contributed by atoms with E-state index in [-0.39, 0.29) is 6.10 Å². The van der Waals surface area contributed by atoms with Crippen LogP contribution in [0.25, 0.3) is 0 Å². The fourth-order valence-corrected chi connectivity index (χ4v) is 1.78. The number of hydrogen-bond acceptors (Lipinski definition) is 5. The maximum atomic E-state index is 5.93. The van der Waals surface area contributed by atoms with Gasteiger partial charge in [-0.1, -0.05) is 0 Å². The lowest BCUT2D eigenvalue weighted by Crippen LogP contribution is -2.34. The van der Waals surface area contributed by atoms with Gasteiger partial charge in [0.05, 0.1) is 18.0 Å². The van der Waals surface area contributed by atoms with E-state index in [0.29, 0.717) is 42.7 Å². The van der Waals surface area contributed by atoms with Crippen molar-refractivity contribution < 1.29 is 14.2 Å². The zero-order valence-corrected chi connectivity index (χ0v) is 10.2. The minimum absolute atomic E-state index is 0.133.